The first-order valence-corrected chi connectivity index (χ1v) is 8.56. The average Bonchev–Trinajstić information content (AvgIpc) is 2.42. The molecule has 1 aliphatic rings. The largest absolute Gasteiger partial charge is 0.755 e. The molecule has 2 amide bonds. The van der Waals surface area contributed by atoms with Crippen LogP contribution in [0.1, 0.15) is 29.8 Å². The molecular formula is C15H20N3O5S-. The number of alkyl carbamates (subject to hydrolysis) is 1. The maximum atomic E-state index is 12.3. The molecule has 1 heterocycles. The van der Waals surface area contributed by atoms with Gasteiger partial charge in [0.25, 0.3) is 5.91 Å². The number of hydrogen-bond acceptors (Lipinski definition) is 5. The minimum absolute atomic E-state index is 0.00568. The van der Waals surface area contributed by atoms with E-state index in [2.05, 4.69) is 10.0 Å². The number of hydrogen-bond donors (Lipinski definition) is 2. The lowest BCUT2D eigenvalue weighted by atomic mass is 10.1. The number of likely N-dealkylation sites (tertiary alicyclic amines) is 1. The Hall–Kier alpha value is -2.13. The summed E-state index contributed by atoms with van der Waals surface area (Å²) in [6.45, 7) is 6.06. The van der Waals surface area contributed by atoms with E-state index < -0.39 is 17.4 Å². The van der Waals surface area contributed by atoms with Gasteiger partial charge in [-0.1, -0.05) is 0 Å². The Bertz CT molecular complexity index is 659. The summed E-state index contributed by atoms with van der Waals surface area (Å²) in [6, 6.07) is 4.72. The summed E-state index contributed by atoms with van der Waals surface area (Å²) >= 11 is -2.41. The summed E-state index contributed by atoms with van der Waals surface area (Å²) in [5.41, 5.74) is 1.53. The summed E-state index contributed by atoms with van der Waals surface area (Å²) < 4.78 is 28.8. The van der Waals surface area contributed by atoms with Gasteiger partial charge in [-0.3, -0.25) is 9.00 Å². The third-order valence-electron chi connectivity index (χ3n) is 3.48. The smallest absolute Gasteiger partial charge is 0.407 e. The molecule has 0 spiro atoms. The Morgan fingerprint density at radius 2 is 2.04 bits per heavy atom. The second-order valence-corrected chi connectivity index (χ2v) is 6.58. The van der Waals surface area contributed by atoms with Crippen molar-refractivity contribution in [2.45, 2.75) is 32.9 Å². The van der Waals surface area contributed by atoms with E-state index in [0.29, 0.717) is 29.9 Å². The Balaban J connectivity index is 1.89. The van der Waals surface area contributed by atoms with Crippen LogP contribution in [0, 0.1) is 6.92 Å². The van der Waals surface area contributed by atoms with E-state index in [4.69, 9.17) is 4.74 Å². The molecule has 0 radical (unpaired) electrons. The lowest BCUT2D eigenvalue weighted by Gasteiger charge is -2.38. The zero-order chi connectivity index (χ0) is 17.9. The fourth-order valence-corrected chi connectivity index (χ4v) is 2.69. The molecule has 0 aromatic heterocycles. The second-order valence-electron chi connectivity index (χ2n) is 5.90. The maximum absolute atomic E-state index is 12.3. The molecule has 0 bridgehead atoms. The molecule has 9 heteroatoms. The molecule has 1 atom stereocenters. The van der Waals surface area contributed by atoms with Crippen LogP contribution in [-0.2, 0) is 16.0 Å². The Labute approximate surface area is 143 Å². The van der Waals surface area contributed by atoms with Crippen molar-refractivity contribution in [3.8, 4) is 0 Å². The lowest BCUT2D eigenvalue weighted by Crippen LogP contribution is -2.56. The molecule has 0 saturated carbocycles. The van der Waals surface area contributed by atoms with Crippen molar-refractivity contribution >= 4 is 29.0 Å². The molecule has 24 heavy (non-hydrogen) atoms. The number of ether oxygens (including phenoxy) is 1. The summed E-state index contributed by atoms with van der Waals surface area (Å²) in [5.74, 6) is -0.183. The first-order valence-electron chi connectivity index (χ1n) is 7.49. The highest BCUT2D eigenvalue weighted by atomic mass is 32.2. The van der Waals surface area contributed by atoms with Gasteiger partial charge in [-0.15, -0.1) is 0 Å². The molecule has 2 rings (SSSR count). The zero-order valence-corrected chi connectivity index (χ0v) is 14.5. The summed E-state index contributed by atoms with van der Waals surface area (Å²) in [5, 5.41) is 2.62. The van der Waals surface area contributed by atoms with Crippen LogP contribution in [0.15, 0.2) is 18.2 Å². The topological polar surface area (TPSA) is 111 Å². The minimum atomic E-state index is -2.41. The van der Waals surface area contributed by atoms with Crippen LogP contribution in [0.3, 0.4) is 0 Å². The van der Waals surface area contributed by atoms with Gasteiger partial charge in [0, 0.05) is 28.6 Å². The van der Waals surface area contributed by atoms with Crippen LogP contribution in [0.2, 0.25) is 0 Å². The third-order valence-corrected chi connectivity index (χ3v) is 3.87. The van der Waals surface area contributed by atoms with E-state index >= 15 is 0 Å². The van der Waals surface area contributed by atoms with E-state index in [0.717, 1.165) is 0 Å². The number of amides is 2. The fourth-order valence-electron chi connectivity index (χ4n) is 2.28. The number of rotatable bonds is 5. The van der Waals surface area contributed by atoms with Gasteiger partial charge in [-0.25, -0.2) is 4.79 Å². The highest BCUT2D eigenvalue weighted by Gasteiger charge is 2.34. The van der Waals surface area contributed by atoms with Gasteiger partial charge in [-0.05, 0) is 44.5 Å². The number of anilines is 1. The molecule has 1 fully saturated rings. The highest BCUT2D eigenvalue weighted by molar-refractivity contribution is 7.80. The Kier molecular flexibility index (Phi) is 5.79. The first-order chi connectivity index (χ1) is 11.3. The van der Waals surface area contributed by atoms with Gasteiger partial charge >= 0.3 is 6.09 Å². The van der Waals surface area contributed by atoms with Crippen molar-refractivity contribution in [1.82, 2.24) is 10.2 Å². The van der Waals surface area contributed by atoms with Gasteiger partial charge in [0.05, 0.1) is 13.1 Å². The quantitative estimate of drug-likeness (QED) is 0.771. The van der Waals surface area contributed by atoms with Crippen LogP contribution < -0.4 is 10.0 Å². The van der Waals surface area contributed by atoms with E-state index in [1.165, 1.54) is 0 Å². The maximum Gasteiger partial charge on any atom is 0.407 e. The predicted octanol–water partition coefficient (Wildman–Crippen LogP) is 1.16. The average molecular weight is 354 g/mol. The molecule has 1 saturated heterocycles. The van der Waals surface area contributed by atoms with Gasteiger partial charge in [-0.2, -0.15) is 0 Å². The van der Waals surface area contributed by atoms with Crippen molar-refractivity contribution in [1.29, 1.82) is 0 Å². The van der Waals surface area contributed by atoms with Gasteiger partial charge in [0.1, 0.15) is 6.10 Å². The minimum Gasteiger partial charge on any atom is -0.755 e. The van der Waals surface area contributed by atoms with Crippen molar-refractivity contribution in [2.75, 3.05) is 17.8 Å². The normalized spacial score (nSPS) is 15.6. The Morgan fingerprint density at radius 1 is 1.38 bits per heavy atom. The third kappa shape index (κ3) is 4.68. The van der Waals surface area contributed by atoms with E-state index in [9.17, 15) is 18.4 Å². The van der Waals surface area contributed by atoms with Crippen LogP contribution in [0.25, 0.3) is 0 Å². The van der Waals surface area contributed by atoms with E-state index in [-0.39, 0.29) is 18.1 Å². The van der Waals surface area contributed by atoms with Gasteiger partial charge < -0.3 is 24.2 Å². The van der Waals surface area contributed by atoms with Gasteiger partial charge in [0.2, 0.25) is 0 Å². The molecule has 132 valence electrons. The van der Waals surface area contributed by atoms with Crippen molar-refractivity contribution in [3.05, 3.63) is 29.3 Å². The molecule has 2 N–H and O–H groups in total. The lowest BCUT2D eigenvalue weighted by molar-refractivity contribution is -0.00700. The molecular weight excluding hydrogens is 334 g/mol. The molecule has 1 aromatic carbocycles. The SMILES string of the molecule is Cc1cc(C(=O)N2CC(OC(=O)NC(C)C)C2)ccc1NS(=O)[O-]. The van der Waals surface area contributed by atoms with Crippen molar-refractivity contribution in [2.24, 2.45) is 0 Å². The van der Waals surface area contributed by atoms with E-state index in [1.54, 1.807) is 30.0 Å². The van der Waals surface area contributed by atoms with Crippen LogP contribution >= 0.6 is 0 Å². The van der Waals surface area contributed by atoms with Crippen molar-refractivity contribution in [3.63, 3.8) is 0 Å². The molecule has 1 unspecified atom stereocenters. The number of nitrogens with zero attached hydrogens (tertiary/aromatic N) is 1. The predicted molar refractivity (Wildman–Crippen MR) is 88.2 cm³/mol. The summed E-state index contributed by atoms with van der Waals surface area (Å²) in [6.07, 6.45) is -0.795. The molecule has 8 nitrogen and oxygen atoms in total. The second kappa shape index (κ2) is 7.63. The van der Waals surface area contributed by atoms with Crippen LogP contribution in [-0.4, -0.2) is 50.9 Å². The highest BCUT2D eigenvalue weighted by Crippen LogP contribution is 2.21. The van der Waals surface area contributed by atoms with Crippen LogP contribution in [0.4, 0.5) is 10.5 Å². The summed E-state index contributed by atoms with van der Waals surface area (Å²) in [4.78, 5) is 25.4. The first kappa shape index (κ1) is 18.2. The number of aryl methyl sites for hydroxylation is 1. The molecule has 0 aliphatic carbocycles. The van der Waals surface area contributed by atoms with Crippen molar-refractivity contribution < 1.29 is 23.1 Å². The number of nitrogens with one attached hydrogen (secondary N) is 2. The van der Waals surface area contributed by atoms with Crippen LogP contribution in [0.5, 0.6) is 0 Å². The molecule has 1 aromatic rings. The van der Waals surface area contributed by atoms with E-state index in [1.807, 2.05) is 13.8 Å². The van der Waals surface area contributed by atoms with Gasteiger partial charge in [0.15, 0.2) is 0 Å². The number of carbonyl (C=O) groups is 2. The zero-order valence-electron chi connectivity index (χ0n) is 13.7. The number of carbonyl (C=O) groups excluding carboxylic acids is 2. The summed E-state index contributed by atoms with van der Waals surface area (Å²) in [7, 11) is 0. The number of benzene rings is 1. The fraction of sp³-hybridized carbons (Fsp3) is 0.467. The monoisotopic (exact) mass is 354 g/mol. The molecule has 1 aliphatic heterocycles. The standard InChI is InChI=1S/C15H21N3O5S/c1-9(2)16-15(20)23-12-7-18(8-12)14(19)11-4-5-13(10(3)6-11)17-24(21)22/h4-6,9,12,17H,7-8H2,1-3H3,(H,16,20)(H,21,22)/p-1. The Morgan fingerprint density at radius 3 is 2.58 bits per heavy atom.